The molecule has 0 saturated carbocycles. The zero-order valence-electron chi connectivity index (χ0n) is 9.35. The quantitative estimate of drug-likeness (QED) is 0.580. The highest BCUT2D eigenvalue weighted by molar-refractivity contribution is 5.92. The van der Waals surface area contributed by atoms with Crippen molar-refractivity contribution in [2.75, 3.05) is 12.3 Å². The topological polar surface area (TPSA) is 96.3 Å². The van der Waals surface area contributed by atoms with E-state index in [4.69, 9.17) is 20.8 Å². The van der Waals surface area contributed by atoms with Crippen LogP contribution in [0.1, 0.15) is 29.6 Å². The van der Waals surface area contributed by atoms with Crippen molar-refractivity contribution in [1.82, 2.24) is 0 Å². The van der Waals surface area contributed by atoms with Gasteiger partial charge in [0.1, 0.15) is 11.3 Å². The van der Waals surface area contributed by atoms with Crippen LogP contribution in [0.5, 0.6) is 5.75 Å². The van der Waals surface area contributed by atoms with Crippen LogP contribution < -0.4 is 10.5 Å². The van der Waals surface area contributed by atoms with Gasteiger partial charge in [0, 0.05) is 12.1 Å². The van der Waals surface area contributed by atoms with Gasteiger partial charge in [0.25, 0.3) is 0 Å². The van der Waals surface area contributed by atoms with Crippen molar-refractivity contribution in [1.29, 1.82) is 5.26 Å². The zero-order valence-corrected chi connectivity index (χ0v) is 9.35. The standard InChI is InChI=1S/C12H14N2O3/c13-6-2-1-3-7-17-11-5-4-9(14)8-10(11)12(15)16/h4-5,8H,1-3,7,14H2,(H,15,16). The fourth-order valence-electron chi connectivity index (χ4n) is 1.33. The van der Waals surface area contributed by atoms with Crippen LogP contribution in [0.3, 0.4) is 0 Å². The second kappa shape index (κ2) is 6.38. The number of anilines is 1. The van der Waals surface area contributed by atoms with E-state index in [0.717, 1.165) is 12.8 Å². The number of ether oxygens (including phenoxy) is 1. The van der Waals surface area contributed by atoms with E-state index in [2.05, 4.69) is 0 Å². The number of unbranched alkanes of at least 4 members (excludes halogenated alkanes) is 2. The van der Waals surface area contributed by atoms with Crippen molar-refractivity contribution in [3.8, 4) is 11.8 Å². The normalized spacial score (nSPS) is 9.59. The molecule has 5 nitrogen and oxygen atoms in total. The third-order valence-electron chi connectivity index (χ3n) is 2.17. The van der Waals surface area contributed by atoms with Gasteiger partial charge in [-0.2, -0.15) is 5.26 Å². The maximum absolute atomic E-state index is 10.9. The van der Waals surface area contributed by atoms with E-state index in [1.165, 1.54) is 6.07 Å². The van der Waals surface area contributed by atoms with Crippen LogP contribution in [-0.4, -0.2) is 17.7 Å². The van der Waals surface area contributed by atoms with Crippen LogP contribution in [0.4, 0.5) is 5.69 Å². The molecule has 0 aliphatic rings. The molecule has 0 saturated heterocycles. The summed E-state index contributed by atoms with van der Waals surface area (Å²) < 4.78 is 5.35. The summed E-state index contributed by atoms with van der Waals surface area (Å²) in [6, 6.07) is 6.54. The van der Waals surface area contributed by atoms with Gasteiger partial charge >= 0.3 is 5.97 Å². The van der Waals surface area contributed by atoms with Crippen molar-refractivity contribution in [2.45, 2.75) is 19.3 Å². The Kier molecular flexibility index (Phi) is 4.82. The van der Waals surface area contributed by atoms with E-state index < -0.39 is 5.97 Å². The third-order valence-corrected chi connectivity index (χ3v) is 2.17. The Labute approximate surface area is 99.4 Å². The van der Waals surface area contributed by atoms with E-state index in [9.17, 15) is 4.79 Å². The Balaban J connectivity index is 2.59. The molecule has 1 rings (SSSR count). The van der Waals surface area contributed by atoms with Gasteiger partial charge in [-0.05, 0) is 31.0 Å². The lowest BCUT2D eigenvalue weighted by atomic mass is 10.2. The molecule has 0 aromatic heterocycles. The minimum atomic E-state index is -1.07. The molecule has 0 atom stereocenters. The number of rotatable bonds is 6. The molecule has 0 aliphatic carbocycles. The monoisotopic (exact) mass is 234 g/mol. The molecule has 1 aromatic carbocycles. The number of nitrogens with two attached hydrogens (primary N) is 1. The fraction of sp³-hybridized carbons (Fsp3) is 0.333. The van der Waals surface area contributed by atoms with Crippen molar-refractivity contribution in [2.24, 2.45) is 0 Å². The number of carboxylic acids is 1. The lowest BCUT2D eigenvalue weighted by molar-refractivity contribution is 0.0692. The van der Waals surface area contributed by atoms with Crippen LogP contribution in [0.15, 0.2) is 18.2 Å². The first-order valence-electron chi connectivity index (χ1n) is 5.27. The molecule has 90 valence electrons. The molecule has 17 heavy (non-hydrogen) atoms. The number of hydrogen-bond donors (Lipinski definition) is 2. The first-order chi connectivity index (χ1) is 8.15. The molecule has 1 aromatic rings. The van der Waals surface area contributed by atoms with Gasteiger partial charge in [-0.1, -0.05) is 0 Å². The van der Waals surface area contributed by atoms with Crippen LogP contribution >= 0.6 is 0 Å². The minimum Gasteiger partial charge on any atom is -0.493 e. The average molecular weight is 234 g/mol. The third kappa shape index (κ3) is 4.03. The summed E-state index contributed by atoms with van der Waals surface area (Å²) in [6.07, 6.45) is 1.95. The summed E-state index contributed by atoms with van der Waals surface area (Å²) in [4.78, 5) is 10.9. The first-order valence-corrected chi connectivity index (χ1v) is 5.27. The van der Waals surface area contributed by atoms with Crippen LogP contribution in [0.2, 0.25) is 0 Å². The summed E-state index contributed by atoms with van der Waals surface area (Å²) in [5.41, 5.74) is 5.95. The number of carbonyl (C=O) groups is 1. The molecule has 3 N–H and O–H groups in total. The number of carboxylic acid groups (broad SMARTS) is 1. The minimum absolute atomic E-state index is 0.0604. The van der Waals surface area contributed by atoms with Crippen LogP contribution in [-0.2, 0) is 0 Å². The highest BCUT2D eigenvalue weighted by atomic mass is 16.5. The molecule has 0 amide bonds. The number of nitrogen functional groups attached to an aromatic ring is 1. The predicted molar refractivity (Wildman–Crippen MR) is 62.8 cm³/mol. The fourth-order valence-corrected chi connectivity index (χ4v) is 1.33. The lowest BCUT2D eigenvalue weighted by Gasteiger charge is -2.09. The molecule has 5 heteroatoms. The van der Waals surface area contributed by atoms with Gasteiger partial charge in [0.05, 0.1) is 12.7 Å². The van der Waals surface area contributed by atoms with E-state index in [-0.39, 0.29) is 5.56 Å². The summed E-state index contributed by atoms with van der Waals surface area (Å²) in [7, 11) is 0. The Bertz CT molecular complexity index is 438. The maximum atomic E-state index is 10.9. The number of benzene rings is 1. The Morgan fingerprint density at radius 3 is 2.88 bits per heavy atom. The molecule has 0 fully saturated rings. The lowest BCUT2D eigenvalue weighted by Crippen LogP contribution is -2.05. The highest BCUT2D eigenvalue weighted by Crippen LogP contribution is 2.21. The zero-order chi connectivity index (χ0) is 12.7. The SMILES string of the molecule is N#CCCCCOc1ccc(N)cc1C(=O)O. The molecule has 0 unspecified atom stereocenters. The van der Waals surface area contributed by atoms with Gasteiger partial charge in [0.2, 0.25) is 0 Å². The Morgan fingerprint density at radius 2 is 2.24 bits per heavy atom. The molecule has 0 aliphatic heterocycles. The van der Waals surface area contributed by atoms with E-state index in [1.807, 2.05) is 6.07 Å². The number of nitrogens with zero attached hydrogens (tertiary/aromatic N) is 1. The number of hydrogen-bond acceptors (Lipinski definition) is 4. The maximum Gasteiger partial charge on any atom is 0.339 e. The van der Waals surface area contributed by atoms with E-state index in [0.29, 0.717) is 24.5 Å². The average Bonchev–Trinajstić information content (AvgIpc) is 2.30. The molecule has 0 spiro atoms. The summed E-state index contributed by atoms with van der Waals surface area (Å²) >= 11 is 0. The smallest absolute Gasteiger partial charge is 0.339 e. The number of aromatic carboxylic acids is 1. The Hall–Kier alpha value is -2.22. The van der Waals surface area contributed by atoms with Crippen molar-refractivity contribution >= 4 is 11.7 Å². The van der Waals surface area contributed by atoms with E-state index in [1.54, 1.807) is 12.1 Å². The van der Waals surface area contributed by atoms with Crippen LogP contribution in [0.25, 0.3) is 0 Å². The van der Waals surface area contributed by atoms with Gasteiger partial charge in [-0.15, -0.1) is 0 Å². The number of nitriles is 1. The summed E-state index contributed by atoms with van der Waals surface area (Å²) in [5.74, 6) is -0.756. The molecule has 0 heterocycles. The van der Waals surface area contributed by atoms with Gasteiger partial charge in [-0.25, -0.2) is 4.79 Å². The van der Waals surface area contributed by atoms with E-state index >= 15 is 0 Å². The second-order valence-corrected chi connectivity index (χ2v) is 3.52. The van der Waals surface area contributed by atoms with Crippen molar-refractivity contribution in [3.05, 3.63) is 23.8 Å². The van der Waals surface area contributed by atoms with Gasteiger partial charge < -0.3 is 15.6 Å². The second-order valence-electron chi connectivity index (χ2n) is 3.52. The van der Waals surface area contributed by atoms with Gasteiger partial charge in [0.15, 0.2) is 0 Å². The predicted octanol–water partition coefficient (Wildman–Crippen LogP) is 2.04. The molecule has 0 bridgehead atoms. The first kappa shape index (κ1) is 12.8. The van der Waals surface area contributed by atoms with Crippen LogP contribution in [0, 0.1) is 11.3 Å². The molecule has 0 radical (unpaired) electrons. The Morgan fingerprint density at radius 1 is 1.47 bits per heavy atom. The van der Waals surface area contributed by atoms with Gasteiger partial charge in [-0.3, -0.25) is 0 Å². The summed E-state index contributed by atoms with van der Waals surface area (Å²) in [6.45, 7) is 0.395. The molecular weight excluding hydrogens is 220 g/mol. The largest absolute Gasteiger partial charge is 0.493 e. The van der Waals surface area contributed by atoms with Crippen molar-refractivity contribution < 1.29 is 14.6 Å². The highest BCUT2D eigenvalue weighted by Gasteiger charge is 2.11. The van der Waals surface area contributed by atoms with Crippen molar-refractivity contribution in [3.63, 3.8) is 0 Å². The summed E-state index contributed by atoms with van der Waals surface area (Å²) in [5, 5.41) is 17.3. The molecular formula is C12H14N2O3.